The summed E-state index contributed by atoms with van der Waals surface area (Å²) in [6, 6.07) is 0.916. The zero-order valence-electron chi connectivity index (χ0n) is 15.2. The molecule has 0 spiro atoms. The van der Waals surface area contributed by atoms with Crippen molar-refractivity contribution in [1.82, 2.24) is 0 Å². The van der Waals surface area contributed by atoms with Crippen molar-refractivity contribution in [1.29, 1.82) is 0 Å². The maximum absolute atomic E-state index is 2.43. The van der Waals surface area contributed by atoms with Crippen LogP contribution in [0.2, 0.25) is 0 Å². The van der Waals surface area contributed by atoms with E-state index in [1.54, 1.807) is 0 Å². The molecule has 0 heterocycles. The Balaban J connectivity index is 4.95. The third-order valence-electron chi connectivity index (χ3n) is 5.01. The molecular formula is C19H42N+. The van der Waals surface area contributed by atoms with E-state index in [1.807, 2.05) is 0 Å². The summed E-state index contributed by atoms with van der Waals surface area (Å²) in [6.07, 6.45) is 13.9. The molecule has 1 unspecified atom stereocenters. The zero-order valence-corrected chi connectivity index (χ0v) is 15.2. The molecule has 1 nitrogen and oxygen atoms in total. The first-order valence-corrected chi connectivity index (χ1v) is 9.56. The Labute approximate surface area is 129 Å². The van der Waals surface area contributed by atoms with Crippen molar-refractivity contribution < 1.29 is 4.48 Å². The van der Waals surface area contributed by atoms with Crippen LogP contribution in [0.25, 0.3) is 0 Å². The topological polar surface area (TPSA) is 0 Å². The number of hydrogen-bond donors (Lipinski definition) is 0. The molecule has 1 heteroatoms. The van der Waals surface area contributed by atoms with Crippen LogP contribution in [-0.4, -0.2) is 30.2 Å². The van der Waals surface area contributed by atoms with E-state index in [0.717, 1.165) is 6.04 Å². The number of unbranched alkanes of at least 4 members (excludes halogenated alkanes) is 4. The predicted molar refractivity (Wildman–Crippen MR) is 93.2 cm³/mol. The Morgan fingerprint density at radius 3 is 1.30 bits per heavy atom. The van der Waals surface area contributed by atoms with Gasteiger partial charge in [0, 0.05) is 0 Å². The van der Waals surface area contributed by atoms with E-state index in [-0.39, 0.29) is 0 Å². The van der Waals surface area contributed by atoms with Crippen molar-refractivity contribution >= 4 is 0 Å². The molecule has 0 aromatic heterocycles. The van der Waals surface area contributed by atoms with Crippen LogP contribution in [-0.2, 0) is 0 Å². The highest BCUT2D eigenvalue weighted by molar-refractivity contribution is 4.62. The lowest BCUT2D eigenvalue weighted by atomic mass is 9.99. The molecule has 0 bridgehead atoms. The third kappa shape index (κ3) is 7.11. The van der Waals surface area contributed by atoms with Crippen LogP contribution in [0.15, 0.2) is 0 Å². The highest BCUT2D eigenvalue weighted by atomic mass is 15.4. The van der Waals surface area contributed by atoms with E-state index in [4.69, 9.17) is 0 Å². The average molecular weight is 285 g/mol. The lowest BCUT2D eigenvalue weighted by molar-refractivity contribution is -0.952. The van der Waals surface area contributed by atoms with E-state index < -0.39 is 0 Å². The predicted octanol–water partition coefficient (Wildman–Crippen LogP) is 6.17. The van der Waals surface area contributed by atoms with Gasteiger partial charge in [-0.1, -0.05) is 60.3 Å². The smallest absolute Gasteiger partial charge is 0.0887 e. The molecule has 0 aliphatic carbocycles. The molecule has 0 radical (unpaired) electrons. The van der Waals surface area contributed by atoms with Crippen molar-refractivity contribution in [3.63, 3.8) is 0 Å². The fourth-order valence-corrected chi connectivity index (χ4v) is 3.61. The second-order valence-corrected chi connectivity index (χ2v) is 6.65. The summed E-state index contributed by atoms with van der Waals surface area (Å²) in [7, 11) is 0. The molecule has 0 N–H and O–H groups in total. The Morgan fingerprint density at radius 1 is 0.600 bits per heavy atom. The minimum absolute atomic E-state index is 0.916. The van der Waals surface area contributed by atoms with Gasteiger partial charge in [-0.2, -0.15) is 0 Å². The molecule has 1 atom stereocenters. The first-order valence-electron chi connectivity index (χ1n) is 9.56. The molecule has 20 heavy (non-hydrogen) atoms. The SMILES string of the molecule is CCCCC(CC)[N+](CCCC)(CCCC)CCCC. The number of nitrogens with zero attached hydrogens (tertiary/aromatic N) is 1. The van der Waals surface area contributed by atoms with E-state index >= 15 is 0 Å². The summed E-state index contributed by atoms with van der Waals surface area (Å²) < 4.78 is 1.44. The van der Waals surface area contributed by atoms with Crippen molar-refractivity contribution in [3.05, 3.63) is 0 Å². The highest BCUT2D eigenvalue weighted by Gasteiger charge is 2.33. The average Bonchev–Trinajstić information content (AvgIpc) is 2.48. The van der Waals surface area contributed by atoms with Crippen LogP contribution in [0.1, 0.15) is 98.8 Å². The third-order valence-corrected chi connectivity index (χ3v) is 5.01. The van der Waals surface area contributed by atoms with Crippen LogP contribution < -0.4 is 0 Å². The summed E-state index contributed by atoms with van der Waals surface area (Å²) in [4.78, 5) is 0. The first kappa shape index (κ1) is 20.0. The van der Waals surface area contributed by atoms with Crippen LogP contribution in [0, 0.1) is 0 Å². The summed E-state index contributed by atoms with van der Waals surface area (Å²) in [5.74, 6) is 0. The molecule has 0 saturated heterocycles. The summed E-state index contributed by atoms with van der Waals surface area (Å²) in [6.45, 7) is 16.1. The quantitative estimate of drug-likeness (QED) is 0.334. The van der Waals surface area contributed by atoms with Gasteiger partial charge < -0.3 is 4.48 Å². The molecule has 122 valence electrons. The lowest BCUT2D eigenvalue weighted by Gasteiger charge is -2.45. The van der Waals surface area contributed by atoms with Gasteiger partial charge in [-0.05, 0) is 38.5 Å². The number of rotatable bonds is 14. The molecule has 0 fully saturated rings. The number of quaternary nitrogens is 1. The normalized spacial score (nSPS) is 13.7. The van der Waals surface area contributed by atoms with Crippen molar-refractivity contribution in [3.8, 4) is 0 Å². The van der Waals surface area contributed by atoms with Gasteiger partial charge in [-0.15, -0.1) is 0 Å². The fraction of sp³-hybridized carbons (Fsp3) is 1.00. The number of hydrogen-bond acceptors (Lipinski definition) is 0. The summed E-state index contributed by atoms with van der Waals surface area (Å²) in [5.41, 5.74) is 0. The maximum atomic E-state index is 2.43. The van der Waals surface area contributed by atoms with Gasteiger partial charge in [0.1, 0.15) is 0 Å². The Bertz CT molecular complexity index is 178. The second kappa shape index (κ2) is 12.7. The van der Waals surface area contributed by atoms with Crippen molar-refractivity contribution in [2.24, 2.45) is 0 Å². The van der Waals surface area contributed by atoms with Gasteiger partial charge >= 0.3 is 0 Å². The Hall–Kier alpha value is -0.0400. The monoisotopic (exact) mass is 284 g/mol. The van der Waals surface area contributed by atoms with E-state index in [1.165, 1.54) is 88.3 Å². The maximum Gasteiger partial charge on any atom is 0.0887 e. The summed E-state index contributed by atoms with van der Waals surface area (Å²) in [5, 5.41) is 0. The lowest BCUT2D eigenvalue weighted by Crippen LogP contribution is -2.57. The van der Waals surface area contributed by atoms with E-state index in [9.17, 15) is 0 Å². The zero-order chi connectivity index (χ0) is 15.3. The Morgan fingerprint density at radius 2 is 1.00 bits per heavy atom. The fourth-order valence-electron chi connectivity index (χ4n) is 3.61. The largest absolute Gasteiger partial charge is 0.321 e. The Kier molecular flexibility index (Phi) is 12.7. The molecular weight excluding hydrogens is 242 g/mol. The summed E-state index contributed by atoms with van der Waals surface area (Å²) >= 11 is 0. The molecule has 0 aliphatic heterocycles. The van der Waals surface area contributed by atoms with Crippen LogP contribution >= 0.6 is 0 Å². The second-order valence-electron chi connectivity index (χ2n) is 6.65. The van der Waals surface area contributed by atoms with Crippen LogP contribution in [0.3, 0.4) is 0 Å². The molecule has 0 rings (SSSR count). The molecule has 0 aliphatic rings. The minimum Gasteiger partial charge on any atom is -0.321 e. The van der Waals surface area contributed by atoms with Crippen molar-refractivity contribution in [2.75, 3.05) is 19.6 Å². The molecule has 0 aromatic rings. The van der Waals surface area contributed by atoms with Crippen LogP contribution in [0.5, 0.6) is 0 Å². The minimum atomic E-state index is 0.916. The van der Waals surface area contributed by atoms with Gasteiger partial charge in [-0.3, -0.25) is 0 Å². The van der Waals surface area contributed by atoms with Gasteiger partial charge in [0.15, 0.2) is 0 Å². The van der Waals surface area contributed by atoms with E-state index in [0.29, 0.717) is 0 Å². The van der Waals surface area contributed by atoms with Gasteiger partial charge in [-0.25, -0.2) is 0 Å². The van der Waals surface area contributed by atoms with Gasteiger partial charge in [0.05, 0.1) is 25.7 Å². The molecule has 0 saturated carbocycles. The van der Waals surface area contributed by atoms with Crippen LogP contribution in [0.4, 0.5) is 0 Å². The van der Waals surface area contributed by atoms with Gasteiger partial charge in [0.25, 0.3) is 0 Å². The van der Waals surface area contributed by atoms with E-state index in [2.05, 4.69) is 34.6 Å². The highest BCUT2D eigenvalue weighted by Crippen LogP contribution is 2.25. The standard InChI is InChI=1S/C19H42N/c1-6-11-15-19(10-5)20(16-12-7-2,17-13-8-3)18-14-9-4/h19H,6-18H2,1-5H3/q+1. The molecule has 0 amide bonds. The molecule has 0 aromatic carbocycles. The van der Waals surface area contributed by atoms with Crippen molar-refractivity contribution in [2.45, 2.75) is 105 Å². The van der Waals surface area contributed by atoms with Gasteiger partial charge in [0.2, 0.25) is 0 Å². The first-order chi connectivity index (χ1) is 9.70.